The SMILES string of the molecule is CCC1=Cc2c(-c3ccc(C(C)C)cc3)cccc2[CH]1[Zr]([CH3])([CH3])(=[SiH2])[CH]1C(C(C)CC)=Cc2c(-c3ccc(C(C)(C)C)cc3)cccc21.Cl.Cl. The van der Waals surface area contributed by atoms with Crippen LogP contribution in [0.3, 0.4) is 0 Å². The van der Waals surface area contributed by atoms with E-state index >= 15 is 0 Å². The molecule has 2 aliphatic carbocycles. The summed E-state index contributed by atoms with van der Waals surface area (Å²) in [5, 5.41) is 0. The molecule has 6 rings (SSSR count). The van der Waals surface area contributed by atoms with E-state index in [0.29, 0.717) is 19.1 Å². The van der Waals surface area contributed by atoms with Crippen molar-refractivity contribution < 1.29 is 17.4 Å². The van der Waals surface area contributed by atoms with Gasteiger partial charge in [0.2, 0.25) is 0 Å². The number of rotatable bonds is 8. The van der Waals surface area contributed by atoms with Crippen LogP contribution in [-0.2, 0) is 22.8 Å². The van der Waals surface area contributed by atoms with Crippen molar-refractivity contribution in [2.75, 3.05) is 0 Å². The van der Waals surface area contributed by atoms with Gasteiger partial charge in [-0.25, -0.2) is 0 Å². The Hall–Kier alpha value is -1.96. The molecule has 0 aliphatic heterocycles. The van der Waals surface area contributed by atoms with Crippen LogP contribution in [0.1, 0.15) is 115 Å². The van der Waals surface area contributed by atoms with Crippen LogP contribution in [0.4, 0.5) is 0 Å². The summed E-state index contributed by atoms with van der Waals surface area (Å²) in [6, 6.07) is 33.1. The third kappa shape index (κ3) is 7.11. The fraction of sp³-hybridized carbons (Fsp3) is 0.378. The van der Waals surface area contributed by atoms with Crippen LogP contribution >= 0.6 is 24.8 Å². The molecule has 4 heteroatoms. The molecule has 4 aromatic rings. The number of hydrogen-bond acceptors (Lipinski definition) is 0. The number of allylic oxidation sites excluding steroid dienone is 2. The molecule has 49 heavy (non-hydrogen) atoms. The van der Waals surface area contributed by atoms with Gasteiger partial charge in [0.05, 0.1) is 0 Å². The summed E-state index contributed by atoms with van der Waals surface area (Å²) < 4.78 is 6.65. The zero-order valence-electron chi connectivity index (χ0n) is 31.5. The molecular weight excluding hydrogens is 731 g/mol. The van der Waals surface area contributed by atoms with Crippen molar-refractivity contribution in [1.82, 2.24) is 0 Å². The van der Waals surface area contributed by atoms with Crippen LogP contribution in [-0.4, -0.2) is 6.88 Å². The number of fused-ring (bicyclic) bond motifs is 2. The zero-order chi connectivity index (χ0) is 33.9. The molecule has 0 amide bonds. The van der Waals surface area contributed by atoms with Crippen LogP contribution in [0, 0.1) is 5.92 Å². The van der Waals surface area contributed by atoms with Crippen LogP contribution < -0.4 is 0 Å². The van der Waals surface area contributed by atoms with Crippen molar-refractivity contribution in [2.24, 2.45) is 5.92 Å². The van der Waals surface area contributed by atoms with Crippen molar-refractivity contribution >= 4 is 43.8 Å². The Morgan fingerprint density at radius 2 is 1.16 bits per heavy atom. The molecule has 2 aliphatic rings. The first-order valence-corrected chi connectivity index (χ1v) is 31.8. The molecule has 0 bridgehead atoms. The average Bonchev–Trinajstić information content (AvgIpc) is 3.64. The van der Waals surface area contributed by atoms with E-state index in [-0.39, 0.29) is 30.2 Å². The van der Waals surface area contributed by atoms with Gasteiger partial charge in [-0.2, -0.15) is 0 Å². The van der Waals surface area contributed by atoms with Gasteiger partial charge in [-0.3, -0.25) is 0 Å². The smallest absolute Gasteiger partial charge is 0.147 e. The van der Waals surface area contributed by atoms with Gasteiger partial charge in [-0.1, -0.05) is 0 Å². The van der Waals surface area contributed by atoms with E-state index in [1.807, 2.05) is 0 Å². The van der Waals surface area contributed by atoms with Crippen LogP contribution in [0.25, 0.3) is 34.4 Å². The van der Waals surface area contributed by atoms with Gasteiger partial charge in [-0.05, 0) is 0 Å². The zero-order valence-corrected chi connectivity index (χ0v) is 37.0. The van der Waals surface area contributed by atoms with Gasteiger partial charge in [0.1, 0.15) is 0 Å². The first-order valence-electron chi connectivity index (χ1n) is 18.1. The van der Waals surface area contributed by atoms with Crippen molar-refractivity contribution in [3.05, 3.63) is 129 Å². The molecule has 4 aromatic carbocycles. The normalized spacial score (nSPS) is 17.8. The fourth-order valence-electron chi connectivity index (χ4n) is 8.90. The van der Waals surface area contributed by atoms with E-state index in [1.54, 1.807) is 22.3 Å². The number of halogens is 2. The molecule has 0 fully saturated rings. The standard InChI is InChI=1S/C23H27.C20H21.2CH3.2ClH.H2Si.Zr/c1-6-16(2)19-14-18-8-7-9-21(22(18)15-19)17-10-12-20(13-11-17)23(3,4)5;1-4-15-12-18-6-5-7-19(20(18)13-15)17-10-8-16(9-11-17)14(2)3;;;;;;/h7-16H,6H2,1-5H3;5-14H,4H2,1-3H3;2*1H3;2*1H;1H2;. The first kappa shape index (κ1) is 39.8. The molecule has 0 saturated heterocycles. The summed E-state index contributed by atoms with van der Waals surface area (Å²) in [5.74, 6) is 1.10. The maximum absolute atomic E-state index is 3.71. The second-order valence-corrected chi connectivity index (χ2v) is 47.5. The molecule has 260 valence electrons. The average molecular weight is 789 g/mol. The van der Waals surface area contributed by atoms with Gasteiger partial charge < -0.3 is 0 Å². The fourth-order valence-corrected chi connectivity index (χ4v) is 28.8. The summed E-state index contributed by atoms with van der Waals surface area (Å²) in [4.78, 5) is 0. The minimum atomic E-state index is -3.71. The molecular formula is C45H58Cl2SiZr. The first-order chi connectivity index (χ1) is 22.1. The van der Waals surface area contributed by atoms with Gasteiger partial charge in [0, 0.05) is 0 Å². The maximum atomic E-state index is 2.80. The molecule has 3 unspecified atom stereocenters. The van der Waals surface area contributed by atoms with Gasteiger partial charge >= 0.3 is 290 Å². The quantitative estimate of drug-likeness (QED) is 0.156. The Morgan fingerprint density at radius 1 is 0.673 bits per heavy atom. The van der Waals surface area contributed by atoms with E-state index in [9.17, 15) is 0 Å². The van der Waals surface area contributed by atoms with E-state index in [2.05, 4.69) is 169 Å². The summed E-state index contributed by atoms with van der Waals surface area (Å²) in [5.41, 5.74) is 17.9. The van der Waals surface area contributed by atoms with Crippen molar-refractivity contribution in [1.29, 1.82) is 0 Å². The molecule has 0 aromatic heterocycles. The number of hydrogen-bond donors (Lipinski definition) is 0. The van der Waals surface area contributed by atoms with E-state index in [4.69, 9.17) is 0 Å². The number of benzene rings is 4. The summed E-state index contributed by atoms with van der Waals surface area (Å²) in [6.07, 6.45) is 7.54. The van der Waals surface area contributed by atoms with Crippen molar-refractivity contribution in [3.8, 4) is 22.3 Å². The van der Waals surface area contributed by atoms with Crippen molar-refractivity contribution in [3.63, 3.8) is 0 Å². The summed E-state index contributed by atoms with van der Waals surface area (Å²) in [7, 11) is 0. The Morgan fingerprint density at radius 3 is 1.63 bits per heavy atom. The topological polar surface area (TPSA) is 0 Å². The monoisotopic (exact) mass is 786 g/mol. The van der Waals surface area contributed by atoms with Crippen LogP contribution in [0.15, 0.2) is 96.1 Å². The maximum Gasteiger partial charge on any atom is -0.147 e. The molecule has 0 radical (unpaired) electrons. The van der Waals surface area contributed by atoms with Gasteiger partial charge in [0.15, 0.2) is 0 Å². The second-order valence-electron chi connectivity index (χ2n) is 17.1. The van der Waals surface area contributed by atoms with Crippen molar-refractivity contribution in [2.45, 2.75) is 96.1 Å². The van der Waals surface area contributed by atoms with E-state index < -0.39 is 17.4 Å². The predicted octanol–water partition coefficient (Wildman–Crippen LogP) is 13.7. The molecule has 0 spiro atoms. The third-order valence-corrected chi connectivity index (χ3v) is 29.1. The molecule has 0 nitrogen and oxygen atoms in total. The van der Waals surface area contributed by atoms with Crippen LogP contribution in [0.5, 0.6) is 0 Å². The predicted molar refractivity (Wildman–Crippen MR) is 222 cm³/mol. The van der Waals surface area contributed by atoms with E-state index in [0.717, 1.165) is 6.42 Å². The molecule has 0 saturated carbocycles. The minimum Gasteiger partial charge on any atom is -0.147 e. The van der Waals surface area contributed by atoms with Crippen LogP contribution in [0.2, 0.25) is 9.26 Å². The molecule has 0 heterocycles. The largest absolute Gasteiger partial charge is 0.147 e. The Kier molecular flexibility index (Phi) is 11.8. The molecule has 0 N–H and O–H groups in total. The van der Waals surface area contributed by atoms with Gasteiger partial charge in [-0.15, -0.1) is 24.8 Å². The van der Waals surface area contributed by atoms with E-state index in [1.165, 1.54) is 50.9 Å². The second kappa shape index (κ2) is 14.6. The Bertz CT molecular complexity index is 1950. The summed E-state index contributed by atoms with van der Waals surface area (Å²) in [6.45, 7) is 21.2. The Balaban J connectivity index is 0.00000270. The summed E-state index contributed by atoms with van der Waals surface area (Å²) >= 11 is -3.71. The Labute approximate surface area is 312 Å². The molecule has 3 atom stereocenters. The van der Waals surface area contributed by atoms with Gasteiger partial charge in [0.25, 0.3) is 0 Å². The third-order valence-electron chi connectivity index (χ3n) is 11.7. The minimum absolute atomic E-state index is 0.